The van der Waals surface area contributed by atoms with Gasteiger partial charge >= 0.3 is 0 Å². The largest absolute Gasteiger partial charge is 0.354 e. The molecule has 0 spiro atoms. The van der Waals surface area contributed by atoms with Crippen LogP contribution in [0.3, 0.4) is 0 Å². The Kier molecular flexibility index (Phi) is 10.9. The Balaban J connectivity index is 2.41. The number of amides is 2. The summed E-state index contributed by atoms with van der Waals surface area (Å²) in [6, 6.07) is 11.2. The van der Waals surface area contributed by atoms with Gasteiger partial charge in [-0.1, -0.05) is 67.7 Å². The van der Waals surface area contributed by atoms with Crippen molar-refractivity contribution in [3.8, 4) is 0 Å². The first kappa shape index (κ1) is 28.9. The molecule has 0 heterocycles. The first-order valence-corrected chi connectivity index (χ1v) is 14.2. The molecule has 0 fully saturated rings. The lowest BCUT2D eigenvalue weighted by atomic mass is 10.1. The van der Waals surface area contributed by atoms with Gasteiger partial charge in [-0.2, -0.15) is 0 Å². The molecule has 2 rings (SSSR count). The zero-order valence-electron chi connectivity index (χ0n) is 20.6. The molecule has 0 bridgehead atoms. The molecule has 7 nitrogen and oxygen atoms in total. The summed E-state index contributed by atoms with van der Waals surface area (Å²) in [5.41, 5.74) is 1.91. The molecule has 0 saturated carbocycles. The minimum Gasteiger partial charge on any atom is -0.354 e. The van der Waals surface area contributed by atoms with Crippen molar-refractivity contribution < 1.29 is 18.0 Å². The number of unbranched alkanes of at least 4 members (excludes halogenated alkanes) is 1. The number of halogens is 2. The van der Waals surface area contributed by atoms with Crippen LogP contribution in [-0.4, -0.2) is 50.5 Å². The number of sulfonamides is 1. The Morgan fingerprint density at radius 2 is 1.74 bits per heavy atom. The van der Waals surface area contributed by atoms with Crippen LogP contribution in [0.5, 0.6) is 0 Å². The van der Waals surface area contributed by atoms with E-state index in [1.54, 1.807) is 37.3 Å². The van der Waals surface area contributed by atoms with Crippen LogP contribution in [0.25, 0.3) is 0 Å². The molecular formula is C25H33Cl2N3O4S. The van der Waals surface area contributed by atoms with Crippen LogP contribution >= 0.6 is 23.2 Å². The molecule has 0 aliphatic rings. The lowest BCUT2D eigenvalue weighted by Crippen LogP contribution is -2.51. The number of para-hydroxylation sites is 1. The molecule has 2 aromatic rings. The molecule has 0 radical (unpaired) electrons. The quantitative estimate of drug-likeness (QED) is 0.396. The molecule has 0 aromatic heterocycles. The average molecular weight is 543 g/mol. The molecule has 1 atom stereocenters. The van der Waals surface area contributed by atoms with Crippen LogP contribution < -0.4 is 9.62 Å². The number of hydrogen-bond acceptors (Lipinski definition) is 4. The minimum absolute atomic E-state index is 0.0606. The summed E-state index contributed by atoms with van der Waals surface area (Å²) in [5.74, 6) is -0.822. The highest BCUT2D eigenvalue weighted by atomic mass is 35.5. The van der Waals surface area contributed by atoms with Crippen LogP contribution in [0.1, 0.15) is 44.7 Å². The number of aryl methyl sites for hydroxylation is 1. The smallest absolute Gasteiger partial charge is 0.244 e. The van der Waals surface area contributed by atoms with E-state index in [2.05, 4.69) is 5.32 Å². The van der Waals surface area contributed by atoms with E-state index in [1.807, 2.05) is 26.0 Å². The number of hydrogen-bond donors (Lipinski definition) is 1. The number of anilines is 1. The van der Waals surface area contributed by atoms with Crippen LogP contribution in [0, 0.1) is 0 Å². The summed E-state index contributed by atoms with van der Waals surface area (Å²) >= 11 is 12.2. The molecule has 0 saturated heterocycles. The predicted octanol–water partition coefficient (Wildman–Crippen LogP) is 4.66. The summed E-state index contributed by atoms with van der Waals surface area (Å²) in [4.78, 5) is 27.8. The molecule has 0 aliphatic heterocycles. The first-order chi connectivity index (χ1) is 16.5. The van der Waals surface area contributed by atoms with Crippen molar-refractivity contribution in [2.45, 2.75) is 52.6 Å². The van der Waals surface area contributed by atoms with Gasteiger partial charge in [-0.25, -0.2) is 8.42 Å². The van der Waals surface area contributed by atoms with E-state index < -0.39 is 28.5 Å². The van der Waals surface area contributed by atoms with Crippen molar-refractivity contribution in [2.75, 3.05) is 23.7 Å². The van der Waals surface area contributed by atoms with Crippen molar-refractivity contribution in [3.63, 3.8) is 0 Å². The van der Waals surface area contributed by atoms with Gasteiger partial charge in [-0.15, -0.1) is 0 Å². The van der Waals surface area contributed by atoms with Gasteiger partial charge in [0.05, 0.1) is 22.0 Å². The summed E-state index contributed by atoms with van der Waals surface area (Å²) in [5, 5.41) is 3.55. The number of rotatable bonds is 12. The van der Waals surface area contributed by atoms with Crippen molar-refractivity contribution in [1.29, 1.82) is 0 Å². The summed E-state index contributed by atoms with van der Waals surface area (Å²) < 4.78 is 26.5. The highest BCUT2D eigenvalue weighted by molar-refractivity contribution is 7.92. The van der Waals surface area contributed by atoms with Gasteiger partial charge in [0.15, 0.2) is 0 Å². The fraction of sp³-hybridized carbons (Fsp3) is 0.440. The molecule has 2 amide bonds. The fourth-order valence-corrected chi connectivity index (χ4v) is 4.80. The number of nitrogens with one attached hydrogen (secondary N) is 1. The fourth-order valence-electron chi connectivity index (χ4n) is 3.60. The minimum atomic E-state index is -3.78. The van der Waals surface area contributed by atoms with Gasteiger partial charge in [-0.05, 0) is 49.1 Å². The van der Waals surface area contributed by atoms with E-state index in [0.717, 1.165) is 29.0 Å². The van der Waals surface area contributed by atoms with Gasteiger partial charge in [0.25, 0.3) is 0 Å². The third kappa shape index (κ3) is 8.12. The summed E-state index contributed by atoms with van der Waals surface area (Å²) in [6.45, 7) is 5.67. The second-order valence-electron chi connectivity index (χ2n) is 8.34. The SMILES string of the molecule is CCCCNC(=O)[C@H](C)N(Cc1ccc(Cl)c(Cl)c1)C(=O)CN(c1ccccc1CC)S(C)(=O)=O. The maximum absolute atomic E-state index is 13.6. The molecular weight excluding hydrogens is 509 g/mol. The molecule has 2 aromatic carbocycles. The van der Waals surface area contributed by atoms with E-state index in [-0.39, 0.29) is 12.5 Å². The van der Waals surface area contributed by atoms with Crippen LogP contribution in [0.2, 0.25) is 10.0 Å². The van der Waals surface area contributed by atoms with E-state index in [1.165, 1.54) is 4.90 Å². The Morgan fingerprint density at radius 3 is 2.34 bits per heavy atom. The predicted molar refractivity (Wildman–Crippen MR) is 142 cm³/mol. The monoisotopic (exact) mass is 541 g/mol. The van der Waals surface area contributed by atoms with Gasteiger partial charge in [0, 0.05) is 13.1 Å². The van der Waals surface area contributed by atoms with E-state index in [4.69, 9.17) is 23.2 Å². The zero-order chi connectivity index (χ0) is 26.2. The molecule has 0 unspecified atom stereocenters. The summed E-state index contributed by atoms with van der Waals surface area (Å²) in [7, 11) is -3.78. The normalized spacial score (nSPS) is 12.2. The molecule has 192 valence electrons. The van der Waals surface area contributed by atoms with Gasteiger partial charge in [0.1, 0.15) is 12.6 Å². The lowest BCUT2D eigenvalue weighted by molar-refractivity contribution is -0.139. The summed E-state index contributed by atoms with van der Waals surface area (Å²) in [6.07, 6.45) is 3.39. The molecule has 1 N–H and O–H groups in total. The lowest BCUT2D eigenvalue weighted by Gasteiger charge is -2.32. The Bertz CT molecular complexity index is 1140. The van der Waals surface area contributed by atoms with E-state index in [0.29, 0.717) is 34.3 Å². The molecule has 10 heteroatoms. The molecule has 35 heavy (non-hydrogen) atoms. The third-order valence-corrected chi connectivity index (χ3v) is 7.52. The van der Waals surface area contributed by atoms with Crippen LogP contribution in [0.4, 0.5) is 5.69 Å². The Morgan fingerprint density at radius 1 is 1.06 bits per heavy atom. The highest BCUT2D eigenvalue weighted by Crippen LogP contribution is 2.26. The van der Waals surface area contributed by atoms with Gasteiger partial charge in [0.2, 0.25) is 21.8 Å². The number of benzene rings is 2. The van der Waals surface area contributed by atoms with Crippen molar-refractivity contribution >= 4 is 50.7 Å². The van der Waals surface area contributed by atoms with Crippen LogP contribution in [0.15, 0.2) is 42.5 Å². The van der Waals surface area contributed by atoms with E-state index >= 15 is 0 Å². The van der Waals surface area contributed by atoms with Crippen molar-refractivity contribution in [1.82, 2.24) is 10.2 Å². The topological polar surface area (TPSA) is 86.8 Å². The molecule has 0 aliphatic carbocycles. The Labute approximate surface area is 218 Å². The van der Waals surface area contributed by atoms with Crippen molar-refractivity contribution in [2.24, 2.45) is 0 Å². The van der Waals surface area contributed by atoms with E-state index in [9.17, 15) is 18.0 Å². The maximum Gasteiger partial charge on any atom is 0.244 e. The van der Waals surface area contributed by atoms with Crippen LogP contribution in [-0.2, 0) is 32.6 Å². The number of nitrogens with zero attached hydrogens (tertiary/aromatic N) is 2. The maximum atomic E-state index is 13.6. The number of carbonyl (C=O) groups is 2. The average Bonchev–Trinajstić information content (AvgIpc) is 2.82. The van der Waals surface area contributed by atoms with Gasteiger partial charge in [-0.3, -0.25) is 13.9 Å². The van der Waals surface area contributed by atoms with Gasteiger partial charge < -0.3 is 10.2 Å². The third-order valence-electron chi connectivity index (χ3n) is 5.65. The standard InChI is InChI=1S/C25H33Cl2N3O4S/c1-5-7-14-28-25(32)18(3)29(16-19-12-13-21(26)22(27)15-19)24(31)17-30(35(4,33)34)23-11-9-8-10-20(23)6-2/h8-13,15,18H,5-7,14,16-17H2,1-4H3,(H,28,32)/t18-/m0/s1. The second kappa shape index (κ2) is 13.1. The zero-order valence-corrected chi connectivity index (χ0v) is 22.9. The van der Waals surface area contributed by atoms with Crippen molar-refractivity contribution in [3.05, 3.63) is 63.6 Å². The Hall–Kier alpha value is -2.29. The second-order valence-corrected chi connectivity index (χ2v) is 11.1. The highest BCUT2D eigenvalue weighted by Gasteiger charge is 2.30. The first-order valence-electron chi connectivity index (χ1n) is 11.6. The number of carbonyl (C=O) groups excluding carboxylic acids is 2.